The lowest BCUT2D eigenvalue weighted by atomic mass is 10.1. The molecule has 0 fully saturated rings. The van der Waals surface area contributed by atoms with Crippen molar-refractivity contribution in [3.8, 4) is 11.4 Å². The molecule has 3 rings (SSSR count). The minimum absolute atomic E-state index is 0.0274. The Hall–Kier alpha value is -2.22. The van der Waals surface area contributed by atoms with Crippen molar-refractivity contribution in [2.75, 3.05) is 19.9 Å². The molecule has 0 atom stereocenters. The number of aromatic nitrogens is 3. The van der Waals surface area contributed by atoms with Gasteiger partial charge < -0.3 is 10.7 Å². The third kappa shape index (κ3) is 4.37. The maximum Gasteiger partial charge on any atom is 0.253 e. The van der Waals surface area contributed by atoms with Crippen LogP contribution in [0.4, 0.5) is 0 Å². The van der Waals surface area contributed by atoms with Crippen LogP contribution in [0, 0.1) is 0 Å². The van der Waals surface area contributed by atoms with Gasteiger partial charge in [0.05, 0.1) is 5.02 Å². The van der Waals surface area contributed by atoms with Crippen molar-refractivity contribution in [2.45, 2.75) is 10.9 Å². The second-order valence-electron chi connectivity index (χ2n) is 5.99. The van der Waals surface area contributed by atoms with Crippen molar-refractivity contribution in [1.29, 1.82) is 0 Å². The fourth-order valence-electron chi connectivity index (χ4n) is 2.38. The van der Waals surface area contributed by atoms with Crippen LogP contribution in [0.1, 0.15) is 15.9 Å². The van der Waals surface area contributed by atoms with Crippen LogP contribution < -0.4 is 5.84 Å². The lowest BCUT2D eigenvalue weighted by molar-refractivity contribution is 0.0827. The molecular formula is C18H17Cl2N5OS. The highest BCUT2D eigenvalue weighted by Gasteiger charge is 2.15. The number of rotatable bonds is 5. The molecule has 0 saturated heterocycles. The van der Waals surface area contributed by atoms with Gasteiger partial charge >= 0.3 is 0 Å². The van der Waals surface area contributed by atoms with Crippen molar-refractivity contribution in [3.05, 3.63) is 63.6 Å². The number of nitrogen functional groups attached to an aromatic ring is 1. The predicted molar refractivity (Wildman–Crippen MR) is 110 cm³/mol. The third-order valence-electron chi connectivity index (χ3n) is 3.81. The molecule has 0 unspecified atom stereocenters. The van der Waals surface area contributed by atoms with Gasteiger partial charge in [0.1, 0.15) is 0 Å². The first kappa shape index (κ1) is 19.5. The number of amides is 1. The topological polar surface area (TPSA) is 77.0 Å². The zero-order valence-electron chi connectivity index (χ0n) is 14.7. The van der Waals surface area contributed by atoms with Crippen LogP contribution in [0.15, 0.2) is 47.6 Å². The van der Waals surface area contributed by atoms with Gasteiger partial charge in [-0.15, -0.1) is 10.2 Å². The minimum Gasteiger partial charge on any atom is -0.345 e. The van der Waals surface area contributed by atoms with Crippen LogP contribution in [-0.4, -0.2) is 39.8 Å². The number of benzene rings is 2. The van der Waals surface area contributed by atoms with E-state index in [1.807, 2.05) is 24.3 Å². The van der Waals surface area contributed by atoms with Crippen molar-refractivity contribution in [3.63, 3.8) is 0 Å². The van der Waals surface area contributed by atoms with Gasteiger partial charge in [-0.2, -0.15) is 0 Å². The number of hydrogen-bond acceptors (Lipinski definition) is 5. The molecule has 3 aromatic rings. The van der Waals surface area contributed by atoms with Gasteiger partial charge in [-0.25, -0.2) is 4.68 Å². The largest absolute Gasteiger partial charge is 0.345 e. The highest BCUT2D eigenvalue weighted by atomic mass is 35.5. The molecule has 6 nitrogen and oxygen atoms in total. The molecule has 2 N–H and O–H groups in total. The van der Waals surface area contributed by atoms with E-state index in [0.717, 1.165) is 5.56 Å². The Balaban J connectivity index is 1.72. The summed E-state index contributed by atoms with van der Waals surface area (Å²) in [5.41, 5.74) is 2.36. The molecule has 0 saturated carbocycles. The van der Waals surface area contributed by atoms with Crippen LogP contribution in [0.2, 0.25) is 10.0 Å². The molecule has 0 radical (unpaired) electrons. The summed E-state index contributed by atoms with van der Waals surface area (Å²) in [5, 5.41) is 9.83. The molecule has 140 valence electrons. The number of carbonyl (C=O) groups excluding carboxylic acids is 1. The van der Waals surface area contributed by atoms with E-state index >= 15 is 0 Å². The van der Waals surface area contributed by atoms with Crippen LogP contribution in [0.3, 0.4) is 0 Å². The normalized spacial score (nSPS) is 10.8. The van der Waals surface area contributed by atoms with E-state index in [4.69, 9.17) is 29.0 Å². The Kier molecular flexibility index (Phi) is 5.94. The van der Waals surface area contributed by atoms with Crippen LogP contribution in [0.5, 0.6) is 0 Å². The number of thioether (sulfide) groups is 1. The first-order chi connectivity index (χ1) is 12.9. The molecule has 9 heteroatoms. The summed E-state index contributed by atoms with van der Waals surface area (Å²) in [4.78, 5) is 13.5. The number of nitrogens with zero attached hydrogens (tertiary/aromatic N) is 4. The molecular weight excluding hydrogens is 405 g/mol. The van der Waals surface area contributed by atoms with Gasteiger partial charge in [0.25, 0.3) is 5.91 Å². The Morgan fingerprint density at radius 1 is 1.15 bits per heavy atom. The molecule has 1 amide bonds. The summed E-state index contributed by atoms with van der Waals surface area (Å²) in [5.74, 6) is 7.21. The van der Waals surface area contributed by atoms with Gasteiger partial charge in [-0.3, -0.25) is 4.79 Å². The molecule has 0 aliphatic rings. The van der Waals surface area contributed by atoms with E-state index in [0.29, 0.717) is 37.9 Å². The Labute approximate surface area is 171 Å². The molecule has 1 heterocycles. The SMILES string of the molecule is CN(C)C(=O)c1ccc(CSc2nnc(-c3ccc(Cl)cc3Cl)n2N)cc1. The molecule has 0 spiro atoms. The molecule has 2 aromatic carbocycles. The fraction of sp³-hybridized carbons (Fsp3) is 0.167. The average molecular weight is 422 g/mol. The van der Waals surface area contributed by atoms with E-state index in [2.05, 4.69) is 10.2 Å². The monoisotopic (exact) mass is 421 g/mol. The lowest BCUT2D eigenvalue weighted by Gasteiger charge is -2.10. The summed E-state index contributed by atoms with van der Waals surface area (Å²) in [6.07, 6.45) is 0. The number of hydrogen-bond donors (Lipinski definition) is 1. The predicted octanol–water partition coefficient (Wildman–Crippen LogP) is 3.96. The summed E-state index contributed by atoms with van der Waals surface area (Å²) < 4.78 is 1.41. The molecule has 1 aromatic heterocycles. The van der Waals surface area contributed by atoms with Crippen molar-refractivity contribution >= 4 is 40.9 Å². The van der Waals surface area contributed by atoms with E-state index in [1.54, 1.807) is 37.2 Å². The first-order valence-electron chi connectivity index (χ1n) is 7.96. The maximum absolute atomic E-state index is 11.9. The number of nitrogens with two attached hydrogens (primary N) is 1. The zero-order valence-corrected chi connectivity index (χ0v) is 17.0. The third-order valence-corrected chi connectivity index (χ3v) is 5.37. The average Bonchev–Trinajstić information content (AvgIpc) is 3.00. The Morgan fingerprint density at radius 3 is 2.48 bits per heavy atom. The molecule has 27 heavy (non-hydrogen) atoms. The maximum atomic E-state index is 11.9. The Morgan fingerprint density at radius 2 is 1.85 bits per heavy atom. The number of halogens is 2. The van der Waals surface area contributed by atoms with Crippen molar-refractivity contribution in [2.24, 2.45) is 0 Å². The summed E-state index contributed by atoms with van der Waals surface area (Å²) >= 11 is 13.6. The van der Waals surface area contributed by atoms with Crippen molar-refractivity contribution in [1.82, 2.24) is 19.8 Å². The quantitative estimate of drug-likeness (QED) is 0.498. The van der Waals surface area contributed by atoms with Crippen LogP contribution in [0.25, 0.3) is 11.4 Å². The van der Waals surface area contributed by atoms with Gasteiger partial charge in [-0.1, -0.05) is 47.1 Å². The summed E-state index contributed by atoms with van der Waals surface area (Å²) in [7, 11) is 3.45. The van der Waals surface area contributed by atoms with E-state index in [-0.39, 0.29) is 5.91 Å². The molecule has 0 aliphatic carbocycles. The van der Waals surface area contributed by atoms with E-state index in [1.165, 1.54) is 16.4 Å². The minimum atomic E-state index is -0.0274. The molecule has 0 aliphatic heterocycles. The number of carbonyl (C=O) groups is 1. The fourth-order valence-corrected chi connectivity index (χ4v) is 3.68. The summed E-state index contributed by atoms with van der Waals surface area (Å²) in [6.45, 7) is 0. The smallest absolute Gasteiger partial charge is 0.253 e. The van der Waals surface area contributed by atoms with Crippen LogP contribution >= 0.6 is 35.0 Å². The highest BCUT2D eigenvalue weighted by molar-refractivity contribution is 7.98. The second-order valence-corrected chi connectivity index (χ2v) is 7.77. The Bertz CT molecular complexity index is 972. The van der Waals surface area contributed by atoms with Gasteiger partial charge in [0, 0.05) is 36.0 Å². The van der Waals surface area contributed by atoms with Gasteiger partial charge in [0.2, 0.25) is 5.16 Å². The lowest BCUT2D eigenvalue weighted by Crippen LogP contribution is -2.21. The molecule has 0 bridgehead atoms. The van der Waals surface area contributed by atoms with Crippen molar-refractivity contribution < 1.29 is 4.79 Å². The van der Waals surface area contributed by atoms with E-state index < -0.39 is 0 Å². The van der Waals surface area contributed by atoms with Crippen LogP contribution in [-0.2, 0) is 5.75 Å². The van der Waals surface area contributed by atoms with Gasteiger partial charge in [0.15, 0.2) is 5.82 Å². The zero-order chi connectivity index (χ0) is 19.6. The standard InChI is InChI=1S/C18H17Cl2N5OS/c1-24(2)17(26)12-5-3-11(4-6-12)10-27-18-23-22-16(25(18)21)14-8-7-13(19)9-15(14)20/h3-9H,10,21H2,1-2H3. The van der Waals surface area contributed by atoms with E-state index in [9.17, 15) is 4.79 Å². The first-order valence-corrected chi connectivity index (χ1v) is 9.70. The van der Waals surface area contributed by atoms with Gasteiger partial charge in [-0.05, 0) is 35.9 Å². The second kappa shape index (κ2) is 8.21. The highest BCUT2D eigenvalue weighted by Crippen LogP contribution is 2.30. The summed E-state index contributed by atoms with van der Waals surface area (Å²) in [6, 6.07) is 12.6.